The van der Waals surface area contributed by atoms with Crippen molar-refractivity contribution < 1.29 is 14.7 Å². The van der Waals surface area contributed by atoms with Gasteiger partial charge in [0.2, 0.25) is 5.91 Å². The lowest BCUT2D eigenvalue weighted by Gasteiger charge is -2.33. The predicted molar refractivity (Wildman–Crippen MR) is 75.1 cm³/mol. The molecule has 0 aromatic heterocycles. The van der Waals surface area contributed by atoms with E-state index in [1.807, 2.05) is 31.2 Å². The molecule has 1 aromatic rings. The van der Waals surface area contributed by atoms with Crippen LogP contribution in [0.25, 0.3) is 0 Å². The van der Waals surface area contributed by atoms with E-state index in [-0.39, 0.29) is 5.91 Å². The van der Waals surface area contributed by atoms with Gasteiger partial charge in [0.15, 0.2) is 0 Å². The minimum Gasteiger partial charge on any atom is -0.480 e. The average molecular weight is 276 g/mol. The Hall–Kier alpha value is -1.88. The van der Waals surface area contributed by atoms with Crippen LogP contribution < -0.4 is 5.73 Å². The second kappa shape index (κ2) is 5.25. The number of nitrogens with zero attached hydrogens (tertiary/aromatic N) is 1. The summed E-state index contributed by atoms with van der Waals surface area (Å²) in [6, 6.07) is 6.59. The molecule has 0 saturated carbocycles. The Morgan fingerprint density at radius 1 is 1.35 bits per heavy atom. The predicted octanol–water partition coefficient (Wildman–Crippen LogP) is 1.46. The molecule has 1 aromatic carbocycles. The molecule has 5 nitrogen and oxygen atoms in total. The summed E-state index contributed by atoms with van der Waals surface area (Å²) in [5, 5.41) is 9.35. The van der Waals surface area contributed by atoms with Gasteiger partial charge in [-0.2, -0.15) is 0 Å². The first-order valence-electron chi connectivity index (χ1n) is 6.73. The van der Waals surface area contributed by atoms with Crippen molar-refractivity contribution in [1.29, 1.82) is 0 Å². The van der Waals surface area contributed by atoms with E-state index in [4.69, 9.17) is 5.73 Å². The maximum absolute atomic E-state index is 12.5. The van der Waals surface area contributed by atoms with Crippen molar-refractivity contribution in [2.75, 3.05) is 6.54 Å². The molecule has 20 heavy (non-hydrogen) atoms. The van der Waals surface area contributed by atoms with E-state index in [1.165, 1.54) is 4.90 Å². The summed E-state index contributed by atoms with van der Waals surface area (Å²) in [7, 11) is 0. The highest BCUT2D eigenvalue weighted by Gasteiger charge is 2.47. The van der Waals surface area contributed by atoms with Crippen molar-refractivity contribution in [2.24, 2.45) is 5.73 Å². The molecule has 1 amide bonds. The molecule has 5 heteroatoms. The lowest BCUT2D eigenvalue weighted by molar-refractivity contribution is -0.155. The van der Waals surface area contributed by atoms with E-state index < -0.39 is 17.6 Å². The van der Waals surface area contributed by atoms with Crippen LogP contribution in [0.4, 0.5) is 0 Å². The molecule has 3 N–H and O–H groups in total. The summed E-state index contributed by atoms with van der Waals surface area (Å²) in [4.78, 5) is 25.3. The summed E-state index contributed by atoms with van der Waals surface area (Å²) in [6.45, 7) is 3.99. The normalized spacial score (nSPS) is 23.6. The molecule has 108 valence electrons. The summed E-state index contributed by atoms with van der Waals surface area (Å²) in [5.74, 6) is -1.30. The van der Waals surface area contributed by atoms with E-state index in [9.17, 15) is 14.7 Å². The molecule has 0 radical (unpaired) electrons. The largest absolute Gasteiger partial charge is 0.480 e. The number of hydrogen-bond acceptors (Lipinski definition) is 3. The third kappa shape index (κ3) is 2.41. The van der Waals surface area contributed by atoms with Crippen molar-refractivity contribution >= 4 is 11.9 Å². The van der Waals surface area contributed by atoms with Crippen LogP contribution in [0.2, 0.25) is 0 Å². The number of aliphatic carboxylic acids is 1. The molecule has 1 saturated heterocycles. The fourth-order valence-corrected chi connectivity index (χ4v) is 2.62. The first-order chi connectivity index (χ1) is 9.36. The number of carbonyl (C=O) groups is 2. The molecule has 1 heterocycles. The molecular weight excluding hydrogens is 256 g/mol. The fraction of sp³-hybridized carbons (Fsp3) is 0.467. The van der Waals surface area contributed by atoms with Gasteiger partial charge in [0, 0.05) is 6.54 Å². The lowest BCUT2D eigenvalue weighted by atomic mass is 9.97. The van der Waals surface area contributed by atoms with Gasteiger partial charge in [-0.3, -0.25) is 4.79 Å². The summed E-state index contributed by atoms with van der Waals surface area (Å²) in [6.07, 6.45) is 1.16. The zero-order valence-corrected chi connectivity index (χ0v) is 11.8. The maximum atomic E-state index is 12.5. The molecule has 2 rings (SSSR count). The van der Waals surface area contributed by atoms with Crippen LogP contribution in [0.15, 0.2) is 24.3 Å². The highest BCUT2D eigenvalue weighted by Crippen LogP contribution is 2.31. The average Bonchev–Trinajstić information content (AvgIpc) is 2.81. The zero-order chi connectivity index (χ0) is 14.9. The third-order valence-corrected chi connectivity index (χ3v) is 4.07. The fourth-order valence-electron chi connectivity index (χ4n) is 2.62. The molecule has 0 spiro atoms. The maximum Gasteiger partial charge on any atom is 0.329 e. The van der Waals surface area contributed by atoms with Gasteiger partial charge in [0.25, 0.3) is 0 Å². The number of likely N-dealkylation sites (tertiary alicyclic amines) is 1. The Bertz CT molecular complexity index is 526. The van der Waals surface area contributed by atoms with E-state index >= 15 is 0 Å². The first-order valence-corrected chi connectivity index (χ1v) is 6.73. The number of rotatable bonds is 3. The van der Waals surface area contributed by atoms with Crippen LogP contribution in [0.3, 0.4) is 0 Å². The first kappa shape index (κ1) is 14.5. The molecule has 1 aliphatic rings. The number of aryl methyl sites for hydroxylation is 1. The van der Waals surface area contributed by atoms with Crippen LogP contribution in [0.5, 0.6) is 0 Å². The van der Waals surface area contributed by atoms with Gasteiger partial charge in [0.1, 0.15) is 11.6 Å². The third-order valence-electron chi connectivity index (χ3n) is 4.07. The number of amides is 1. The van der Waals surface area contributed by atoms with Crippen LogP contribution in [-0.4, -0.2) is 34.0 Å². The number of benzene rings is 1. The van der Waals surface area contributed by atoms with E-state index in [0.29, 0.717) is 24.9 Å². The van der Waals surface area contributed by atoms with Crippen molar-refractivity contribution in [3.05, 3.63) is 35.4 Å². The van der Waals surface area contributed by atoms with Gasteiger partial charge in [-0.1, -0.05) is 29.8 Å². The Labute approximate surface area is 118 Å². The Morgan fingerprint density at radius 2 is 1.95 bits per heavy atom. The minimum absolute atomic E-state index is 0.323. The molecule has 2 unspecified atom stereocenters. The Balaban J connectivity index is 2.22. The van der Waals surface area contributed by atoms with Crippen LogP contribution in [-0.2, 0) is 9.59 Å². The SMILES string of the molecule is Cc1ccc(C(N)C(=O)N2CCCC2(C)C(=O)O)cc1. The van der Waals surface area contributed by atoms with E-state index in [1.54, 1.807) is 6.92 Å². The molecule has 0 bridgehead atoms. The van der Waals surface area contributed by atoms with Crippen molar-refractivity contribution in [3.63, 3.8) is 0 Å². The van der Waals surface area contributed by atoms with Crippen LogP contribution >= 0.6 is 0 Å². The van der Waals surface area contributed by atoms with Gasteiger partial charge < -0.3 is 15.7 Å². The van der Waals surface area contributed by atoms with Crippen molar-refractivity contribution in [3.8, 4) is 0 Å². The van der Waals surface area contributed by atoms with Gasteiger partial charge in [0.05, 0.1) is 0 Å². The van der Waals surface area contributed by atoms with Gasteiger partial charge >= 0.3 is 5.97 Å². The molecule has 1 fully saturated rings. The van der Waals surface area contributed by atoms with Crippen LogP contribution in [0, 0.1) is 6.92 Å². The number of carboxylic acids is 1. The highest BCUT2D eigenvalue weighted by atomic mass is 16.4. The molecular formula is C15H20N2O3. The highest BCUT2D eigenvalue weighted by molar-refractivity contribution is 5.90. The van der Waals surface area contributed by atoms with Crippen molar-refractivity contribution in [2.45, 2.75) is 38.3 Å². The van der Waals surface area contributed by atoms with Crippen LogP contribution in [0.1, 0.15) is 36.9 Å². The second-order valence-corrected chi connectivity index (χ2v) is 5.56. The summed E-state index contributed by atoms with van der Waals surface area (Å²) in [5.41, 5.74) is 6.66. The number of carbonyl (C=O) groups excluding carboxylic acids is 1. The lowest BCUT2D eigenvalue weighted by Crippen LogP contribution is -2.53. The number of hydrogen-bond donors (Lipinski definition) is 2. The zero-order valence-electron chi connectivity index (χ0n) is 11.8. The Kier molecular flexibility index (Phi) is 3.81. The molecule has 0 aliphatic carbocycles. The summed E-state index contributed by atoms with van der Waals surface area (Å²) < 4.78 is 0. The smallest absolute Gasteiger partial charge is 0.329 e. The number of nitrogens with two attached hydrogens (primary N) is 1. The standard InChI is InChI=1S/C15H20N2O3/c1-10-4-6-11(7-5-10)12(16)13(18)17-9-3-8-15(17,2)14(19)20/h4-7,12H,3,8-9,16H2,1-2H3,(H,19,20). The van der Waals surface area contributed by atoms with Crippen molar-refractivity contribution in [1.82, 2.24) is 4.90 Å². The van der Waals surface area contributed by atoms with Gasteiger partial charge in [-0.25, -0.2) is 4.79 Å². The van der Waals surface area contributed by atoms with E-state index in [2.05, 4.69) is 0 Å². The molecule has 1 aliphatic heterocycles. The van der Waals surface area contributed by atoms with Gasteiger partial charge in [-0.15, -0.1) is 0 Å². The minimum atomic E-state index is -1.14. The monoisotopic (exact) mass is 276 g/mol. The van der Waals surface area contributed by atoms with Gasteiger partial charge in [-0.05, 0) is 32.3 Å². The molecule has 2 atom stereocenters. The second-order valence-electron chi connectivity index (χ2n) is 5.56. The Morgan fingerprint density at radius 3 is 2.50 bits per heavy atom. The van der Waals surface area contributed by atoms with E-state index in [0.717, 1.165) is 5.56 Å². The topological polar surface area (TPSA) is 83.6 Å². The summed E-state index contributed by atoms with van der Waals surface area (Å²) >= 11 is 0. The number of carboxylic acid groups (broad SMARTS) is 1. The quantitative estimate of drug-likeness (QED) is 0.875.